The van der Waals surface area contributed by atoms with Crippen molar-refractivity contribution in [2.24, 2.45) is 34.9 Å². The van der Waals surface area contributed by atoms with Crippen molar-refractivity contribution in [3.8, 4) is 0 Å². The van der Waals surface area contributed by atoms with Crippen LogP contribution < -0.4 is 11.3 Å². The van der Waals surface area contributed by atoms with Gasteiger partial charge in [-0.15, -0.1) is 0 Å². The van der Waals surface area contributed by atoms with Crippen molar-refractivity contribution in [3.05, 3.63) is 0 Å². The predicted octanol–water partition coefficient (Wildman–Crippen LogP) is 3.47. The summed E-state index contributed by atoms with van der Waals surface area (Å²) < 4.78 is 0. The monoisotopic (exact) mass is 250 g/mol. The van der Waals surface area contributed by atoms with Crippen LogP contribution in [-0.4, -0.2) is 6.04 Å². The Hall–Kier alpha value is -0.0800. The fraction of sp³-hybridized carbons (Fsp3) is 1.00. The van der Waals surface area contributed by atoms with E-state index in [0.717, 1.165) is 23.7 Å². The summed E-state index contributed by atoms with van der Waals surface area (Å²) in [6.07, 6.45) is 11.5. The summed E-state index contributed by atoms with van der Waals surface area (Å²) in [5.41, 5.74) is 3.68. The molecule has 0 aromatic heterocycles. The van der Waals surface area contributed by atoms with Gasteiger partial charge in [0.2, 0.25) is 0 Å². The zero-order valence-electron chi connectivity index (χ0n) is 12.1. The van der Waals surface area contributed by atoms with E-state index in [1.165, 1.54) is 51.4 Å². The lowest BCUT2D eigenvalue weighted by Gasteiger charge is -2.36. The lowest BCUT2D eigenvalue weighted by Crippen LogP contribution is -2.46. The van der Waals surface area contributed by atoms with Gasteiger partial charge in [0.15, 0.2) is 0 Å². The molecule has 5 atom stereocenters. The first-order valence-electron chi connectivity index (χ1n) is 8.06. The van der Waals surface area contributed by atoms with E-state index in [-0.39, 0.29) is 0 Å². The summed E-state index contributed by atoms with van der Waals surface area (Å²) in [4.78, 5) is 0. The molecule has 0 radical (unpaired) electrons. The number of fused-ring (bicyclic) bond motifs is 2. The van der Waals surface area contributed by atoms with E-state index in [4.69, 9.17) is 5.84 Å². The van der Waals surface area contributed by atoms with E-state index >= 15 is 0 Å². The highest BCUT2D eigenvalue weighted by atomic mass is 15.2. The maximum absolute atomic E-state index is 5.90. The summed E-state index contributed by atoms with van der Waals surface area (Å²) in [6.45, 7) is 4.88. The molecule has 0 aromatic carbocycles. The van der Waals surface area contributed by atoms with Crippen molar-refractivity contribution in [1.29, 1.82) is 0 Å². The van der Waals surface area contributed by atoms with Crippen LogP contribution in [-0.2, 0) is 0 Å². The molecule has 0 heterocycles. The molecule has 18 heavy (non-hydrogen) atoms. The maximum atomic E-state index is 5.90. The molecule has 2 nitrogen and oxygen atoms in total. The van der Waals surface area contributed by atoms with Gasteiger partial charge in [-0.25, -0.2) is 0 Å². The largest absolute Gasteiger partial charge is 0.271 e. The second kappa shape index (κ2) is 4.79. The van der Waals surface area contributed by atoms with Crippen molar-refractivity contribution < 1.29 is 0 Å². The Balaban J connectivity index is 1.63. The molecule has 5 unspecified atom stereocenters. The first-order valence-corrected chi connectivity index (χ1v) is 8.06. The molecule has 0 saturated heterocycles. The molecule has 3 N–H and O–H groups in total. The van der Waals surface area contributed by atoms with Crippen LogP contribution in [0.4, 0.5) is 0 Å². The molecule has 3 aliphatic rings. The highest BCUT2D eigenvalue weighted by Crippen LogP contribution is 2.52. The van der Waals surface area contributed by atoms with Gasteiger partial charge in [0.25, 0.3) is 0 Å². The second-order valence-corrected chi connectivity index (χ2v) is 7.93. The van der Waals surface area contributed by atoms with Gasteiger partial charge in [0, 0.05) is 6.04 Å². The number of hydrazine groups is 1. The smallest absolute Gasteiger partial charge is 0.0246 e. The molecule has 104 valence electrons. The zero-order chi connectivity index (χ0) is 12.8. The van der Waals surface area contributed by atoms with Crippen LogP contribution in [0.25, 0.3) is 0 Å². The molecule has 0 spiro atoms. The third kappa shape index (κ3) is 2.22. The Morgan fingerprint density at radius 2 is 2.06 bits per heavy atom. The number of nitrogens with one attached hydrogen (secondary N) is 1. The Morgan fingerprint density at radius 3 is 2.56 bits per heavy atom. The molecular weight excluding hydrogens is 220 g/mol. The molecule has 3 aliphatic carbocycles. The molecular formula is C16H30N2. The van der Waals surface area contributed by atoms with E-state index in [0.29, 0.717) is 11.5 Å². The van der Waals surface area contributed by atoms with Crippen LogP contribution in [0.5, 0.6) is 0 Å². The lowest BCUT2D eigenvalue weighted by molar-refractivity contribution is 0.160. The predicted molar refractivity (Wildman–Crippen MR) is 75.8 cm³/mol. The van der Waals surface area contributed by atoms with E-state index in [2.05, 4.69) is 19.3 Å². The van der Waals surface area contributed by atoms with Gasteiger partial charge in [-0.05, 0) is 67.6 Å². The Bertz CT molecular complexity index is 299. The Morgan fingerprint density at radius 1 is 1.22 bits per heavy atom. The Kier molecular flexibility index (Phi) is 3.44. The fourth-order valence-electron chi connectivity index (χ4n) is 5.44. The van der Waals surface area contributed by atoms with Crippen LogP contribution in [0, 0.1) is 29.1 Å². The molecule has 3 fully saturated rings. The van der Waals surface area contributed by atoms with Crippen molar-refractivity contribution in [2.45, 2.75) is 71.3 Å². The maximum Gasteiger partial charge on any atom is 0.0246 e. The van der Waals surface area contributed by atoms with Crippen LogP contribution >= 0.6 is 0 Å². The van der Waals surface area contributed by atoms with Crippen LogP contribution in [0.3, 0.4) is 0 Å². The van der Waals surface area contributed by atoms with E-state index in [9.17, 15) is 0 Å². The highest BCUT2D eigenvalue weighted by Gasteiger charge is 2.44. The third-order valence-corrected chi connectivity index (χ3v) is 6.48. The van der Waals surface area contributed by atoms with Crippen LogP contribution in [0.1, 0.15) is 65.2 Å². The SMILES string of the molecule is CC1(C)CCCC1C(CC1CC2CCC1C2)NN. The number of nitrogens with two attached hydrogens (primary N) is 1. The second-order valence-electron chi connectivity index (χ2n) is 7.93. The van der Waals surface area contributed by atoms with Crippen LogP contribution in [0.2, 0.25) is 0 Å². The summed E-state index contributed by atoms with van der Waals surface area (Å²) in [5, 5.41) is 0. The average molecular weight is 250 g/mol. The van der Waals surface area contributed by atoms with Crippen molar-refractivity contribution >= 4 is 0 Å². The molecule has 0 aliphatic heterocycles. The van der Waals surface area contributed by atoms with Gasteiger partial charge < -0.3 is 0 Å². The third-order valence-electron chi connectivity index (χ3n) is 6.48. The van der Waals surface area contributed by atoms with E-state index in [1.807, 2.05) is 0 Å². The molecule has 3 rings (SSSR count). The molecule has 0 amide bonds. The first kappa shape index (κ1) is 12.9. The Labute approximate surface area is 112 Å². The number of rotatable bonds is 4. The lowest BCUT2D eigenvalue weighted by atomic mass is 9.73. The molecule has 2 bridgehead atoms. The van der Waals surface area contributed by atoms with E-state index in [1.54, 1.807) is 0 Å². The highest BCUT2D eigenvalue weighted by molar-refractivity contribution is 4.96. The van der Waals surface area contributed by atoms with E-state index < -0.39 is 0 Å². The number of hydrogen-bond acceptors (Lipinski definition) is 2. The minimum Gasteiger partial charge on any atom is -0.271 e. The van der Waals surface area contributed by atoms with Gasteiger partial charge in [-0.2, -0.15) is 0 Å². The average Bonchev–Trinajstić information content (AvgIpc) is 3.00. The van der Waals surface area contributed by atoms with Gasteiger partial charge in [0.05, 0.1) is 0 Å². The normalized spacial score (nSPS) is 43.5. The minimum absolute atomic E-state index is 0.495. The van der Waals surface area contributed by atoms with Crippen molar-refractivity contribution in [2.75, 3.05) is 0 Å². The zero-order valence-corrected chi connectivity index (χ0v) is 12.1. The molecule has 2 heteroatoms. The fourth-order valence-corrected chi connectivity index (χ4v) is 5.44. The van der Waals surface area contributed by atoms with Crippen LogP contribution in [0.15, 0.2) is 0 Å². The molecule has 3 saturated carbocycles. The molecule has 0 aromatic rings. The van der Waals surface area contributed by atoms with Crippen molar-refractivity contribution in [1.82, 2.24) is 5.43 Å². The standard InChI is InChI=1S/C16H30N2/c1-16(2)7-3-4-14(16)15(18-17)10-13-9-11-5-6-12(13)8-11/h11-15,18H,3-10,17H2,1-2H3. The first-order chi connectivity index (χ1) is 8.60. The van der Waals surface area contributed by atoms with Gasteiger partial charge in [0.1, 0.15) is 0 Å². The summed E-state index contributed by atoms with van der Waals surface area (Å²) >= 11 is 0. The summed E-state index contributed by atoms with van der Waals surface area (Å²) in [5.74, 6) is 9.77. The minimum atomic E-state index is 0.495. The summed E-state index contributed by atoms with van der Waals surface area (Å²) in [6, 6.07) is 0.562. The van der Waals surface area contributed by atoms with Gasteiger partial charge in [-0.3, -0.25) is 11.3 Å². The number of hydrogen-bond donors (Lipinski definition) is 2. The van der Waals surface area contributed by atoms with Gasteiger partial charge in [-0.1, -0.05) is 26.7 Å². The summed E-state index contributed by atoms with van der Waals surface area (Å²) in [7, 11) is 0. The van der Waals surface area contributed by atoms with Gasteiger partial charge >= 0.3 is 0 Å². The topological polar surface area (TPSA) is 38.0 Å². The quantitative estimate of drug-likeness (QED) is 0.592. The van der Waals surface area contributed by atoms with Crippen molar-refractivity contribution in [3.63, 3.8) is 0 Å².